The van der Waals surface area contributed by atoms with Gasteiger partial charge >= 0.3 is 0 Å². The Labute approximate surface area is 93.1 Å². The molecule has 0 fully saturated rings. The Balaban J connectivity index is 2.22. The molecular weight excluding hydrogens is 210 g/mol. The summed E-state index contributed by atoms with van der Waals surface area (Å²) in [5, 5.41) is 3.80. The van der Waals surface area contributed by atoms with E-state index in [9.17, 15) is 0 Å². The number of halogens is 1. The van der Waals surface area contributed by atoms with Crippen molar-refractivity contribution in [2.24, 2.45) is 0 Å². The summed E-state index contributed by atoms with van der Waals surface area (Å²) >= 11 is 5.74. The molecule has 4 heteroatoms. The van der Waals surface area contributed by atoms with Crippen LogP contribution in [0.4, 0.5) is 11.5 Å². The van der Waals surface area contributed by atoms with Crippen LogP contribution in [0.2, 0.25) is 5.02 Å². The van der Waals surface area contributed by atoms with Gasteiger partial charge in [0.05, 0.1) is 16.4 Å². The number of pyridine rings is 2. The van der Waals surface area contributed by atoms with Crippen molar-refractivity contribution in [1.82, 2.24) is 9.97 Å². The van der Waals surface area contributed by atoms with Gasteiger partial charge < -0.3 is 5.32 Å². The van der Waals surface area contributed by atoms with E-state index in [2.05, 4.69) is 15.3 Å². The molecule has 2 aromatic rings. The summed E-state index contributed by atoms with van der Waals surface area (Å²) in [6.07, 6.45) is 3.37. The van der Waals surface area contributed by atoms with Gasteiger partial charge in [0.25, 0.3) is 0 Å². The van der Waals surface area contributed by atoms with E-state index < -0.39 is 0 Å². The predicted molar refractivity (Wildman–Crippen MR) is 61.5 cm³/mol. The first kappa shape index (κ1) is 9.93. The van der Waals surface area contributed by atoms with Gasteiger partial charge in [-0.1, -0.05) is 11.6 Å². The summed E-state index contributed by atoms with van der Waals surface area (Å²) in [5.41, 5.74) is 1.89. The fourth-order valence-electron chi connectivity index (χ4n) is 1.20. The van der Waals surface area contributed by atoms with Crippen molar-refractivity contribution in [2.75, 3.05) is 5.32 Å². The number of aryl methyl sites for hydroxylation is 1. The molecule has 0 amide bonds. The first-order chi connectivity index (χ1) is 7.25. The first-order valence-electron chi connectivity index (χ1n) is 4.56. The Bertz CT molecular complexity index is 454. The van der Waals surface area contributed by atoms with Crippen molar-refractivity contribution in [1.29, 1.82) is 0 Å². The predicted octanol–water partition coefficient (Wildman–Crippen LogP) is 3.18. The second-order valence-electron chi connectivity index (χ2n) is 3.12. The Hall–Kier alpha value is -1.61. The smallest absolute Gasteiger partial charge is 0.130 e. The minimum absolute atomic E-state index is 0.628. The molecule has 0 saturated carbocycles. The molecule has 15 heavy (non-hydrogen) atoms. The number of rotatable bonds is 2. The lowest BCUT2D eigenvalue weighted by atomic mass is 10.3. The average Bonchev–Trinajstić information content (AvgIpc) is 2.25. The monoisotopic (exact) mass is 219 g/mol. The maximum atomic E-state index is 5.74. The summed E-state index contributed by atoms with van der Waals surface area (Å²) in [5.74, 6) is 0.760. The minimum Gasteiger partial charge on any atom is -0.339 e. The highest BCUT2D eigenvalue weighted by atomic mass is 35.5. The van der Waals surface area contributed by atoms with Crippen molar-refractivity contribution in [2.45, 2.75) is 6.92 Å². The van der Waals surface area contributed by atoms with Crippen LogP contribution in [0.5, 0.6) is 0 Å². The van der Waals surface area contributed by atoms with Gasteiger partial charge in [0.2, 0.25) is 0 Å². The number of anilines is 2. The summed E-state index contributed by atoms with van der Waals surface area (Å²) < 4.78 is 0. The van der Waals surface area contributed by atoms with Crippen LogP contribution in [0.25, 0.3) is 0 Å². The van der Waals surface area contributed by atoms with E-state index in [4.69, 9.17) is 11.6 Å². The van der Waals surface area contributed by atoms with Crippen LogP contribution in [0.15, 0.2) is 36.7 Å². The summed E-state index contributed by atoms with van der Waals surface area (Å²) in [7, 11) is 0. The molecule has 0 unspecified atom stereocenters. The average molecular weight is 220 g/mol. The molecule has 0 saturated heterocycles. The Morgan fingerprint density at radius 3 is 2.73 bits per heavy atom. The van der Waals surface area contributed by atoms with E-state index in [1.54, 1.807) is 18.5 Å². The Kier molecular flexibility index (Phi) is 2.83. The number of hydrogen-bond donors (Lipinski definition) is 1. The van der Waals surface area contributed by atoms with Crippen molar-refractivity contribution < 1.29 is 0 Å². The van der Waals surface area contributed by atoms with E-state index in [0.29, 0.717) is 5.02 Å². The summed E-state index contributed by atoms with van der Waals surface area (Å²) in [6.45, 7) is 1.94. The first-order valence-corrected chi connectivity index (χ1v) is 4.94. The van der Waals surface area contributed by atoms with Gasteiger partial charge in [-0.05, 0) is 31.2 Å². The maximum Gasteiger partial charge on any atom is 0.130 e. The minimum atomic E-state index is 0.628. The molecule has 0 radical (unpaired) electrons. The van der Waals surface area contributed by atoms with E-state index in [0.717, 1.165) is 17.2 Å². The van der Waals surface area contributed by atoms with Gasteiger partial charge in [-0.25, -0.2) is 4.98 Å². The van der Waals surface area contributed by atoms with Gasteiger partial charge in [-0.2, -0.15) is 0 Å². The molecule has 3 nitrogen and oxygen atoms in total. The zero-order chi connectivity index (χ0) is 10.7. The van der Waals surface area contributed by atoms with E-state index in [1.807, 2.05) is 25.1 Å². The highest BCUT2D eigenvalue weighted by Gasteiger charge is 1.99. The molecule has 0 aromatic carbocycles. The third-order valence-corrected chi connectivity index (χ3v) is 2.22. The van der Waals surface area contributed by atoms with Crippen LogP contribution in [-0.4, -0.2) is 9.97 Å². The molecule has 0 aliphatic heterocycles. The quantitative estimate of drug-likeness (QED) is 0.843. The van der Waals surface area contributed by atoms with Gasteiger partial charge in [-0.15, -0.1) is 0 Å². The third-order valence-electron chi connectivity index (χ3n) is 2.00. The van der Waals surface area contributed by atoms with Gasteiger partial charge in [0.1, 0.15) is 5.82 Å². The van der Waals surface area contributed by atoms with Crippen LogP contribution in [0.3, 0.4) is 0 Å². The molecule has 0 atom stereocenters. The standard InChI is InChI=1S/C11H10ClN3/c1-8-10(3-2-6-13-8)15-11-5-4-9(12)7-14-11/h2-7H,1H3,(H,14,15). The van der Waals surface area contributed by atoms with Crippen LogP contribution in [-0.2, 0) is 0 Å². The van der Waals surface area contributed by atoms with Crippen LogP contribution in [0.1, 0.15) is 5.69 Å². The second kappa shape index (κ2) is 4.28. The van der Waals surface area contributed by atoms with Gasteiger partial charge in [-0.3, -0.25) is 4.98 Å². The normalized spacial score (nSPS) is 10.0. The van der Waals surface area contributed by atoms with E-state index in [-0.39, 0.29) is 0 Å². The fourth-order valence-corrected chi connectivity index (χ4v) is 1.32. The Morgan fingerprint density at radius 1 is 1.20 bits per heavy atom. The second-order valence-corrected chi connectivity index (χ2v) is 3.56. The highest BCUT2D eigenvalue weighted by Crippen LogP contribution is 2.17. The lowest BCUT2D eigenvalue weighted by Gasteiger charge is -2.07. The third kappa shape index (κ3) is 2.44. The number of aromatic nitrogens is 2. The van der Waals surface area contributed by atoms with Gasteiger partial charge in [0.15, 0.2) is 0 Å². The van der Waals surface area contributed by atoms with Crippen molar-refractivity contribution in [3.63, 3.8) is 0 Å². The van der Waals surface area contributed by atoms with Crippen molar-refractivity contribution >= 4 is 23.1 Å². The molecule has 0 spiro atoms. The summed E-state index contributed by atoms with van der Waals surface area (Å²) in [4.78, 5) is 8.32. The van der Waals surface area contributed by atoms with E-state index >= 15 is 0 Å². The van der Waals surface area contributed by atoms with Crippen LogP contribution >= 0.6 is 11.6 Å². The molecular formula is C11H10ClN3. The lowest BCUT2D eigenvalue weighted by Crippen LogP contribution is -1.96. The number of nitrogens with one attached hydrogen (secondary N) is 1. The zero-order valence-electron chi connectivity index (χ0n) is 8.24. The van der Waals surface area contributed by atoms with Crippen LogP contribution in [0, 0.1) is 6.92 Å². The zero-order valence-corrected chi connectivity index (χ0v) is 8.99. The maximum absolute atomic E-state index is 5.74. The molecule has 0 bridgehead atoms. The van der Waals surface area contributed by atoms with Crippen molar-refractivity contribution in [3.8, 4) is 0 Å². The highest BCUT2D eigenvalue weighted by molar-refractivity contribution is 6.30. The molecule has 2 aromatic heterocycles. The van der Waals surface area contributed by atoms with Crippen molar-refractivity contribution in [3.05, 3.63) is 47.4 Å². The van der Waals surface area contributed by atoms with Gasteiger partial charge in [0, 0.05) is 12.4 Å². The fraction of sp³-hybridized carbons (Fsp3) is 0.0909. The molecule has 2 heterocycles. The van der Waals surface area contributed by atoms with Crippen LogP contribution < -0.4 is 5.32 Å². The van der Waals surface area contributed by atoms with E-state index in [1.165, 1.54) is 0 Å². The molecule has 1 N–H and O–H groups in total. The number of hydrogen-bond acceptors (Lipinski definition) is 3. The molecule has 0 aliphatic carbocycles. The SMILES string of the molecule is Cc1ncccc1Nc1ccc(Cl)cn1. The number of nitrogens with zero attached hydrogens (tertiary/aromatic N) is 2. The topological polar surface area (TPSA) is 37.8 Å². The molecule has 2 rings (SSSR count). The Morgan fingerprint density at radius 2 is 2.07 bits per heavy atom. The lowest BCUT2D eigenvalue weighted by molar-refractivity contribution is 1.19. The largest absolute Gasteiger partial charge is 0.339 e. The molecule has 0 aliphatic rings. The molecule has 76 valence electrons. The summed E-state index contributed by atoms with van der Waals surface area (Å²) in [6, 6.07) is 7.46.